The smallest absolute Gasteiger partial charge is 0.404 e. The van der Waals surface area contributed by atoms with Crippen LogP contribution in [0, 0.1) is 0 Å². The molecule has 1 aromatic rings. The van der Waals surface area contributed by atoms with E-state index < -0.39 is 6.09 Å². The van der Waals surface area contributed by atoms with Gasteiger partial charge in [-0.15, -0.1) is 0 Å². The topological polar surface area (TPSA) is 75.6 Å². The van der Waals surface area contributed by atoms with E-state index in [-0.39, 0.29) is 12.5 Å². The molecule has 0 spiro atoms. The molecule has 0 aliphatic heterocycles. The molecule has 2 N–H and O–H groups in total. The fraction of sp³-hybridized carbons (Fsp3) is 0.200. The van der Waals surface area contributed by atoms with Crippen molar-refractivity contribution in [2.45, 2.75) is 13.5 Å². The van der Waals surface area contributed by atoms with E-state index in [0.717, 1.165) is 5.56 Å². The second kappa shape index (κ2) is 4.99. The third-order valence-electron chi connectivity index (χ3n) is 1.63. The average Bonchev–Trinajstić information content (AvgIpc) is 2.16. The Labute approximate surface area is 86.7 Å². The van der Waals surface area contributed by atoms with Gasteiger partial charge in [0.25, 0.3) is 0 Å². The van der Waals surface area contributed by atoms with Crippen molar-refractivity contribution in [2.24, 2.45) is 0 Å². The van der Waals surface area contributed by atoms with Gasteiger partial charge in [0.1, 0.15) is 5.75 Å². The molecule has 0 aliphatic carbocycles. The third kappa shape index (κ3) is 4.12. The number of amides is 1. The number of ether oxygens (including phenoxy) is 1. The zero-order valence-corrected chi connectivity index (χ0v) is 8.19. The summed E-state index contributed by atoms with van der Waals surface area (Å²) in [5, 5.41) is 10.6. The summed E-state index contributed by atoms with van der Waals surface area (Å²) in [5.74, 6) is 0.0629. The minimum absolute atomic E-state index is 0.232. The molecule has 0 aromatic heterocycles. The van der Waals surface area contributed by atoms with Crippen LogP contribution in [0.25, 0.3) is 0 Å². The molecule has 0 aliphatic rings. The van der Waals surface area contributed by atoms with Crippen LogP contribution in [0.15, 0.2) is 24.3 Å². The molecule has 1 amide bonds. The number of rotatable bonds is 3. The molecule has 1 aromatic carbocycles. The molecular weight excluding hydrogens is 198 g/mol. The number of carbonyl (C=O) groups excluding carboxylic acids is 1. The Balaban J connectivity index is 2.56. The molecule has 15 heavy (non-hydrogen) atoms. The molecule has 0 radical (unpaired) electrons. The van der Waals surface area contributed by atoms with E-state index in [0.29, 0.717) is 5.75 Å². The number of nitrogens with one attached hydrogen (secondary N) is 1. The van der Waals surface area contributed by atoms with Crippen LogP contribution in [0.3, 0.4) is 0 Å². The van der Waals surface area contributed by atoms with Gasteiger partial charge < -0.3 is 15.2 Å². The summed E-state index contributed by atoms with van der Waals surface area (Å²) < 4.78 is 4.82. The Morgan fingerprint density at radius 3 is 2.40 bits per heavy atom. The summed E-state index contributed by atoms with van der Waals surface area (Å²) >= 11 is 0. The van der Waals surface area contributed by atoms with Gasteiger partial charge >= 0.3 is 12.1 Å². The summed E-state index contributed by atoms with van der Waals surface area (Å²) in [6.45, 7) is 1.55. The molecule has 1 rings (SSSR count). The summed E-state index contributed by atoms with van der Waals surface area (Å²) in [6.07, 6.45) is -1.07. The number of carbonyl (C=O) groups is 2. The van der Waals surface area contributed by atoms with Crippen molar-refractivity contribution in [1.29, 1.82) is 0 Å². The van der Waals surface area contributed by atoms with Crippen LogP contribution < -0.4 is 10.1 Å². The third-order valence-corrected chi connectivity index (χ3v) is 1.63. The lowest BCUT2D eigenvalue weighted by Crippen LogP contribution is -2.19. The van der Waals surface area contributed by atoms with Crippen molar-refractivity contribution < 1.29 is 19.4 Å². The van der Waals surface area contributed by atoms with Crippen LogP contribution in [0.5, 0.6) is 5.75 Å². The summed E-state index contributed by atoms with van der Waals surface area (Å²) in [4.78, 5) is 20.8. The number of benzene rings is 1. The molecule has 0 unspecified atom stereocenters. The Kier molecular flexibility index (Phi) is 3.68. The van der Waals surface area contributed by atoms with Crippen LogP contribution in [0.2, 0.25) is 0 Å². The Morgan fingerprint density at radius 2 is 1.93 bits per heavy atom. The van der Waals surface area contributed by atoms with Gasteiger partial charge in [0, 0.05) is 13.5 Å². The number of hydrogen-bond donors (Lipinski definition) is 2. The minimum atomic E-state index is -1.07. The van der Waals surface area contributed by atoms with E-state index in [1.165, 1.54) is 6.92 Å². The SMILES string of the molecule is CC(=O)Oc1ccc(CNC(=O)O)cc1. The highest BCUT2D eigenvalue weighted by atomic mass is 16.5. The molecule has 0 heterocycles. The highest BCUT2D eigenvalue weighted by Gasteiger charge is 1.99. The normalized spacial score (nSPS) is 9.40. The van der Waals surface area contributed by atoms with Gasteiger partial charge in [0.05, 0.1) is 0 Å². The lowest BCUT2D eigenvalue weighted by molar-refractivity contribution is -0.131. The van der Waals surface area contributed by atoms with Crippen molar-refractivity contribution in [1.82, 2.24) is 5.32 Å². The molecule has 0 bridgehead atoms. The molecule has 5 heteroatoms. The fourth-order valence-corrected chi connectivity index (χ4v) is 1.02. The molecule has 0 saturated carbocycles. The maximum Gasteiger partial charge on any atom is 0.404 e. The second-order valence-corrected chi connectivity index (χ2v) is 2.90. The second-order valence-electron chi connectivity index (χ2n) is 2.90. The monoisotopic (exact) mass is 209 g/mol. The average molecular weight is 209 g/mol. The summed E-state index contributed by atoms with van der Waals surface area (Å²) in [7, 11) is 0. The van der Waals surface area contributed by atoms with Crippen molar-refractivity contribution in [3.63, 3.8) is 0 Å². The minimum Gasteiger partial charge on any atom is -0.465 e. The van der Waals surface area contributed by atoms with Crippen LogP contribution in [0.1, 0.15) is 12.5 Å². The summed E-state index contributed by atoms with van der Waals surface area (Å²) in [5.41, 5.74) is 0.799. The quantitative estimate of drug-likeness (QED) is 0.582. The van der Waals surface area contributed by atoms with Gasteiger partial charge in [0.2, 0.25) is 0 Å². The first-order valence-corrected chi connectivity index (χ1v) is 4.32. The number of carboxylic acid groups (broad SMARTS) is 1. The van der Waals surface area contributed by atoms with Gasteiger partial charge in [-0.3, -0.25) is 4.79 Å². The zero-order chi connectivity index (χ0) is 11.3. The lowest BCUT2D eigenvalue weighted by atomic mass is 10.2. The molecule has 0 atom stereocenters. The van der Waals surface area contributed by atoms with Gasteiger partial charge in [-0.1, -0.05) is 12.1 Å². The molecule has 0 fully saturated rings. The van der Waals surface area contributed by atoms with Crippen LogP contribution in [-0.2, 0) is 11.3 Å². The van der Waals surface area contributed by atoms with Crippen LogP contribution in [0.4, 0.5) is 4.79 Å². The Bertz CT molecular complexity index is 358. The van der Waals surface area contributed by atoms with Crippen LogP contribution in [-0.4, -0.2) is 17.2 Å². The molecule has 0 saturated heterocycles. The lowest BCUT2D eigenvalue weighted by Gasteiger charge is -2.03. The van der Waals surface area contributed by atoms with E-state index in [9.17, 15) is 9.59 Å². The Hall–Kier alpha value is -2.04. The maximum absolute atomic E-state index is 10.6. The largest absolute Gasteiger partial charge is 0.465 e. The summed E-state index contributed by atoms with van der Waals surface area (Å²) in [6, 6.07) is 6.60. The van der Waals surface area contributed by atoms with E-state index in [1.807, 2.05) is 0 Å². The number of hydrogen-bond acceptors (Lipinski definition) is 3. The predicted molar refractivity (Wildman–Crippen MR) is 52.6 cm³/mol. The van der Waals surface area contributed by atoms with Crippen molar-refractivity contribution in [2.75, 3.05) is 0 Å². The fourth-order valence-electron chi connectivity index (χ4n) is 1.02. The predicted octanol–water partition coefficient (Wildman–Crippen LogP) is 1.38. The van der Waals surface area contributed by atoms with Gasteiger partial charge in [-0.25, -0.2) is 4.79 Å². The Morgan fingerprint density at radius 1 is 1.33 bits per heavy atom. The van der Waals surface area contributed by atoms with Gasteiger partial charge in [-0.2, -0.15) is 0 Å². The first-order valence-electron chi connectivity index (χ1n) is 4.32. The molecular formula is C10H11NO4. The van der Waals surface area contributed by atoms with Crippen molar-refractivity contribution >= 4 is 12.1 Å². The standard InChI is InChI=1S/C10H11NO4/c1-7(12)15-9-4-2-8(3-5-9)6-11-10(13)14/h2-5,11H,6H2,1H3,(H,13,14). The first kappa shape index (κ1) is 11.0. The van der Waals surface area contributed by atoms with E-state index in [4.69, 9.17) is 9.84 Å². The van der Waals surface area contributed by atoms with Crippen LogP contribution >= 0.6 is 0 Å². The molecule has 80 valence electrons. The highest BCUT2D eigenvalue weighted by Crippen LogP contribution is 2.12. The number of esters is 1. The highest BCUT2D eigenvalue weighted by molar-refractivity contribution is 5.69. The zero-order valence-electron chi connectivity index (χ0n) is 8.19. The first-order chi connectivity index (χ1) is 7.08. The van der Waals surface area contributed by atoms with E-state index in [1.54, 1.807) is 24.3 Å². The van der Waals surface area contributed by atoms with Gasteiger partial charge in [-0.05, 0) is 17.7 Å². The van der Waals surface area contributed by atoms with Crippen molar-refractivity contribution in [3.05, 3.63) is 29.8 Å². The van der Waals surface area contributed by atoms with Crippen molar-refractivity contribution in [3.8, 4) is 5.75 Å². The molecule has 5 nitrogen and oxygen atoms in total. The van der Waals surface area contributed by atoms with E-state index >= 15 is 0 Å². The van der Waals surface area contributed by atoms with Gasteiger partial charge in [0.15, 0.2) is 0 Å². The van der Waals surface area contributed by atoms with E-state index in [2.05, 4.69) is 5.32 Å². The maximum atomic E-state index is 10.6.